The maximum atomic E-state index is 14.0. The summed E-state index contributed by atoms with van der Waals surface area (Å²) < 4.78 is 25.6. The summed E-state index contributed by atoms with van der Waals surface area (Å²) in [6.07, 6.45) is 3.21. The second kappa shape index (κ2) is 8.47. The summed E-state index contributed by atoms with van der Waals surface area (Å²) in [5.74, 6) is -0.211. The molecule has 0 amide bonds. The van der Waals surface area contributed by atoms with Crippen molar-refractivity contribution in [2.24, 2.45) is 0 Å². The zero-order chi connectivity index (χ0) is 15.1. The summed E-state index contributed by atoms with van der Waals surface area (Å²) in [4.78, 5) is 0. The summed E-state index contributed by atoms with van der Waals surface area (Å²) in [5, 5.41) is 3.33. The van der Waals surface area contributed by atoms with E-state index in [-0.39, 0.29) is 18.0 Å². The molecule has 1 fully saturated rings. The van der Waals surface area contributed by atoms with E-state index >= 15 is 0 Å². The Morgan fingerprint density at radius 1 is 1.33 bits per heavy atom. The van der Waals surface area contributed by atoms with Gasteiger partial charge in [-0.15, -0.1) is 0 Å². The van der Waals surface area contributed by atoms with Crippen molar-refractivity contribution < 1.29 is 13.9 Å². The number of benzene rings is 1. The Morgan fingerprint density at radius 2 is 2.14 bits per heavy atom. The van der Waals surface area contributed by atoms with Crippen molar-refractivity contribution in [1.82, 2.24) is 5.32 Å². The van der Waals surface area contributed by atoms with Crippen LogP contribution < -0.4 is 5.32 Å². The van der Waals surface area contributed by atoms with Gasteiger partial charge in [0.1, 0.15) is 5.82 Å². The minimum absolute atomic E-state index is 0.145. The lowest BCUT2D eigenvalue weighted by Gasteiger charge is -2.26. The number of hydrogen-bond acceptors (Lipinski definition) is 3. The average molecular weight is 295 g/mol. The van der Waals surface area contributed by atoms with Crippen molar-refractivity contribution in [2.45, 2.75) is 51.4 Å². The van der Waals surface area contributed by atoms with Gasteiger partial charge in [-0.05, 0) is 25.3 Å². The lowest BCUT2D eigenvalue weighted by molar-refractivity contribution is -0.0642. The first-order chi connectivity index (χ1) is 10.2. The molecule has 3 nitrogen and oxygen atoms in total. The molecule has 1 heterocycles. The van der Waals surface area contributed by atoms with E-state index in [1.807, 2.05) is 6.07 Å². The number of ether oxygens (including phenoxy) is 2. The number of rotatable bonds is 7. The van der Waals surface area contributed by atoms with Crippen molar-refractivity contribution >= 4 is 0 Å². The Kier molecular flexibility index (Phi) is 6.61. The van der Waals surface area contributed by atoms with Crippen molar-refractivity contribution in [3.8, 4) is 0 Å². The first kappa shape index (κ1) is 16.4. The molecule has 1 aromatic carbocycles. The van der Waals surface area contributed by atoms with Gasteiger partial charge in [-0.3, -0.25) is 0 Å². The SMILES string of the molecule is CC(C)NCC(OCC1CCCCO1)c1ccccc1F. The molecule has 0 bridgehead atoms. The van der Waals surface area contributed by atoms with E-state index < -0.39 is 0 Å². The van der Waals surface area contributed by atoms with Gasteiger partial charge in [-0.2, -0.15) is 0 Å². The quantitative estimate of drug-likeness (QED) is 0.836. The third-order valence-electron chi connectivity index (χ3n) is 3.72. The summed E-state index contributed by atoms with van der Waals surface area (Å²) in [5.41, 5.74) is 0.612. The highest BCUT2D eigenvalue weighted by Crippen LogP contribution is 2.22. The molecule has 1 saturated heterocycles. The van der Waals surface area contributed by atoms with E-state index in [2.05, 4.69) is 19.2 Å². The molecule has 1 aliphatic heterocycles. The van der Waals surface area contributed by atoms with Crippen LogP contribution in [0, 0.1) is 5.82 Å². The Hall–Kier alpha value is -0.970. The molecule has 0 aromatic heterocycles. The third-order valence-corrected chi connectivity index (χ3v) is 3.72. The molecule has 0 saturated carbocycles. The first-order valence-electron chi connectivity index (χ1n) is 7.88. The number of halogens is 1. The Morgan fingerprint density at radius 3 is 2.81 bits per heavy atom. The van der Waals surface area contributed by atoms with Gasteiger partial charge in [0.2, 0.25) is 0 Å². The Labute approximate surface area is 126 Å². The average Bonchev–Trinajstić information content (AvgIpc) is 2.49. The zero-order valence-corrected chi connectivity index (χ0v) is 13.0. The van der Waals surface area contributed by atoms with Crippen LogP contribution in [0.4, 0.5) is 4.39 Å². The lowest BCUT2D eigenvalue weighted by Crippen LogP contribution is -2.32. The summed E-state index contributed by atoms with van der Waals surface area (Å²) in [6.45, 7) is 6.08. The molecule has 21 heavy (non-hydrogen) atoms. The van der Waals surface area contributed by atoms with Crippen LogP contribution in [-0.2, 0) is 9.47 Å². The van der Waals surface area contributed by atoms with E-state index in [1.54, 1.807) is 12.1 Å². The fourth-order valence-corrected chi connectivity index (χ4v) is 2.50. The molecular weight excluding hydrogens is 269 g/mol. The molecule has 0 spiro atoms. The summed E-state index contributed by atoms with van der Waals surface area (Å²) >= 11 is 0. The maximum absolute atomic E-state index is 14.0. The highest BCUT2D eigenvalue weighted by molar-refractivity contribution is 5.20. The van der Waals surface area contributed by atoms with Gasteiger partial charge in [0, 0.05) is 24.8 Å². The highest BCUT2D eigenvalue weighted by Gasteiger charge is 2.20. The molecule has 0 radical (unpaired) electrons. The second-order valence-corrected chi connectivity index (χ2v) is 5.90. The predicted molar refractivity (Wildman–Crippen MR) is 81.8 cm³/mol. The van der Waals surface area contributed by atoms with Crippen LogP contribution in [0.1, 0.15) is 44.8 Å². The maximum Gasteiger partial charge on any atom is 0.129 e. The van der Waals surface area contributed by atoms with Crippen molar-refractivity contribution in [1.29, 1.82) is 0 Å². The minimum atomic E-state index is -0.279. The van der Waals surface area contributed by atoms with Crippen molar-refractivity contribution in [2.75, 3.05) is 19.8 Å². The fraction of sp³-hybridized carbons (Fsp3) is 0.647. The van der Waals surface area contributed by atoms with E-state index in [9.17, 15) is 4.39 Å². The Balaban J connectivity index is 1.96. The van der Waals surface area contributed by atoms with Gasteiger partial charge in [-0.25, -0.2) is 4.39 Å². The lowest BCUT2D eigenvalue weighted by atomic mass is 10.1. The summed E-state index contributed by atoms with van der Waals surface area (Å²) in [6, 6.07) is 7.17. The standard InChI is InChI=1S/C17H26FNO2/c1-13(2)19-11-17(15-8-3-4-9-16(15)18)21-12-14-7-5-6-10-20-14/h3-4,8-9,13-14,17,19H,5-7,10-12H2,1-2H3. The molecule has 0 aliphatic carbocycles. The van der Waals surface area contributed by atoms with Gasteiger partial charge in [0.15, 0.2) is 0 Å². The van der Waals surface area contributed by atoms with Crippen molar-refractivity contribution in [3.05, 3.63) is 35.6 Å². The molecule has 4 heteroatoms. The van der Waals surface area contributed by atoms with Crippen molar-refractivity contribution in [3.63, 3.8) is 0 Å². The second-order valence-electron chi connectivity index (χ2n) is 5.90. The predicted octanol–water partition coefficient (Wildman–Crippen LogP) is 3.45. The number of nitrogens with one attached hydrogen (secondary N) is 1. The molecule has 118 valence electrons. The molecule has 2 rings (SSSR count). The largest absolute Gasteiger partial charge is 0.376 e. The normalized spacial score (nSPS) is 20.7. The molecule has 2 unspecified atom stereocenters. The topological polar surface area (TPSA) is 30.5 Å². The van der Waals surface area contributed by atoms with Crippen LogP contribution in [0.3, 0.4) is 0 Å². The van der Waals surface area contributed by atoms with Crippen LogP contribution in [0.5, 0.6) is 0 Å². The van der Waals surface area contributed by atoms with Gasteiger partial charge in [-0.1, -0.05) is 32.0 Å². The minimum Gasteiger partial charge on any atom is -0.376 e. The number of hydrogen-bond donors (Lipinski definition) is 1. The van der Waals surface area contributed by atoms with E-state index in [0.29, 0.717) is 24.8 Å². The monoisotopic (exact) mass is 295 g/mol. The van der Waals surface area contributed by atoms with Crippen LogP contribution in [0.25, 0.3) is 0 Å². The summed E-state index contributed by atoms with van der Waals surface area (Å²) in [7, 11) is 0. The molecule has 1 N–H and O–H groups in total. The van der Waals surface area contributed by atoms with Crippen LogP contribution in [0.2, 0.25) is 0 Å². The van der Waals surface area contributed by atoms with E-state index in [0.717, 1.165) is 19.4 Å². The highest BCUT2D eigenvalue weighted by atomic mass is 19.1. The van der Waals surface area contributed by atoms with E-state index in [4.69, 9.17) is 9.47 Å². The van der Waals surface area contributed by atoms with Crippen LogP contribution in [0.15, 0.2) is 24.3 Å². The van der Waals surface area contributed by atoms with Crippen LogP contribution >= 0.6 is 0 Å². The molecule has 2 atom stereocenters. The molecule has 1 aliphatic rings. The van der Waals surface area contributed by atoms with Gasteiger partial charge >= 0.3 is 0 Å². The zero-order valence-electron chi connectivity index (χ0n) is 13.0. The first-order valence-corrected chi connectivity index (χ1v) is 7.88. The smallest absolute Gasteiger partial charge is 0.129 e. The van der Waals surface area contributed by atoms with Crippen LogP contribution in [-0.4, -0.2) is 31.9 Å². The van der Waals surface area contributed by atoms with E-state index in [1.165, 1.54) is 12.5 Å². The molecule has 1 aromatic rings. The third kappa shape index (κ3) is 5.38. The molecular formula is C17H26FNO2. The fourth-order valence-electron chi connectivity index (χ4n) is 2.50. The van der Waals surface area contributed by atoms with Gasteiger partial charge in [0.05, 0.1) is 18.8 Å². The Bertz CT molecular complexity index is 419. The van der Waals surface area contributed by atoms with Gasteiger partial charge in [0.25, 0.3) is 0 Å². The van der Waals surface area contributed by atoms with Gasteiger partial charge < -0.3 is 14.8 Å².